The van der Waals surface area contributed by atoms with Crippen molar-refractivity contribution in [3.05, 3.63) is 35.4 Å². The Bertz CT molecular complexity index is 272. The number of hydrogen-bond donors (Lipinski definition) is 1. The van der Waals surface area contributed by atoms with E-state index in [4.69, 9.17) is 10.5 Å². The Labute approximate surface area is 72.3 Å². The van der Waals surface area contributed by atoms with Crippen molar-refractivity contribution in [1.29, 1.82) is 0 Å². The maximum Gasteiger partial charge on any atom is 0.0949 e. The average molecular weight is 162 g/mol. The Morgan fingerprint density at radius 1 is 1.67 bits per heavy atom. The van der Waals surface area contributed by atoms with Gasteiger partial charge in [-0.3, -0.25) is 0 Å². The summed E-state index contributed by atoms with van der Waals surface area (Å²) < 4.78 is 5.51. The quantitative estimate of drug-likeness (QED) is 0.670. The highest BCUT2D eigenvalue weighted by molar-refractivity contribution is 5.30. The zero-order valence-electron chi connectivity index (χ0n) is 6.92. The zero-order chi connectivity index (χ0) is 8.39. The normalized spacial score (nSPS) is 21.9. The van der Waals surface area contributed by atoms with Crippen molar-refractivity contribution in [3.63, 3.8) is 0 Å². The van der Waals surface area contributed by atoms with Crippen LogP contribution in [0.4, 0.5) is 0 Å². The van der Waals surface area contributed by atoms with Crippen molar-refractivity contribution in [2.24, 2.45) is 5.73 Å². The van der Waals surface area contributed by atoms with Crippen molar-refractivity contribution >= 4 is 0 Å². The van der Waals surface area contributed by atoms with E-state index in [2.05, 4.69) is 6.07 Å². The molecule has 63 valence electrons. The molecule has 2 heteroatoms. The molecule has 1 radical (unpaired) electrons. The lowest BCUT2D eigenvalue weighted by Gasteiger charge is -2.24. The third kappa shape index (κ3) is 1.24. The van der Waals surface area contributed by atoms with E-state index in [0.29, 0.717) is 6.54 Å². The number of fused-ring (bicyclic) bond motifs is 1. The van der Waals surface area contributed by atoms with Gasteiger partial charge in [0.25, 0.3) is 0 Å². The minimum atomic E-state index is 0.100. The molecule has 0 fully saturated rings. The van der Waals surface area contributed by atoms with Gasteiger partial charge >= 0.3 is 0 Å². The highest BCUT2D eigenvalue weighted by atomic mass is 16.5. The fourth-order valence-electron chi connectivity index (χ4n) is 1.60. The summed E-state index contributed by atoms with van der Waals surface area (Å²) in [5.74, 6) is 0. The molecule has 0 saturated carbocycles. The highest BCUT2D eigenvalue weighted by Gasteiger charge is 2.18. The first-order chi connectivity index (χ1) is 5.92. The molecular weight excluding hydrogens is 150 g/mol. The second-order valence-electron chi connectivity index (χ2n) is 2.97. The van der Waals surface area contributed by atoms with Crippen molar-refractivity contribution in [3.8, 4) is 0 Å². The monoisotopic (exact) mass is 162 g/mol. The van der Waals surface area contributed by atoms with Gasteiger partial charge in [-0.2, -0.15) is 0 Å². The summed E-state index contributed by atoms with van der Waals surface area (Å²) >= 11 is 0. The Morgan fingerprint density at radius 2 is 2.58 bits per heavy atom. The van der Waals surface area contributed by atoms with Crippen LogP contribution < -0.4 is 5.73 Å². The molecule has 12 heavy (non-hydrogen) atoms. The summed E-state index contributed by atoms with van der Waals surface area (Å²) in [7, 11) is 0. The molecular formula is C10H12NO. The van der Waals surface area contributed by atoms with E-state index < -0.39 is 0 Å². The SMILES string of the molecule is NC[C@@H]1OCCc2c[c]ccc21. The fourth-order valence-corrected chi connectivity index (χ4v) is 1.60. The van der Waals surface area contributed by atoms with Crippen LogP contribution in [0.15, 0.2) is 18.2 Å². The van der Waals surface area contributed by atoms with E-state index in [9.17, 15) is 0 Å². The highest BCUT2D eigenvalue weighted by Crippen LogP contribution is 2.25. The summed E-state index contributed by atoms with van der Waals surface area (Å²) in [6, 6.07) is 9.06. The number of rotatable bonds is 1. The lowest BCUT2D eigenvalue weighted by molar-refractivity contribution is 0.0485. The maximum atomic E-state index is 5.58. The third-order valence-electron chi connectivity index (χ3n) is 2.24. The summed E-state index contributed by atoms with van der Waals surface area (Å²) in [6.45, 7) is 1.35. The molecule has 1 aromatic rings. The van der Waals surface area contributed by atoms with Gasteiger partial charge in [-0.05, 0) is 23.6 Å². The number of hydrogen-bond acceptors (Lipinski definition) is 2. The lowest BCUT2D eigenvalue weighted by Crippen LogP contribution is -2.22. The van der Waals surface area contributed by atoms with Crippen LogP contribution in [0.25, 0.3) is 0 Å². The molecule has 1 atom stereocenters. The molecule has 0 amide bonds. The van der Waals surface area contributed by atoms with Crippen LogP contribution in [-0.2, 0) is 11.2 Å². The minimum Gasteiger partial charge on any atom is -0.372 e. The van der Waals surface area contributed by atoms with Gasteiger partial charge in [0.05, 0.1) is 12.7 Å². The molecule has 0 bridgehead atoms. The molecule has 1 heterocycles. The number of nitrogens with two attached hydrogens (primary N) is 1. The number of benzene rings is 1. The molecule has 0 aliphatic carbocycles. The average Bonchev–Trinajstić information content (AvgIpc) is 2.17. The van der Waals surface area contributed by atoms with Crippen molar-refractivity contribution < 1.29 is 4.74 Å². The third-order valence-corrected chi connectivity index (χ3v) is 2.24. The maximum absolute atomic E-state index is 5.58. The van der Waals surface area contributed by atoms with Crippen LogP contribution in [0, 0.1) is 6.07 Å². The van der Waals surface area contributed by atoms with Gasteiger partial charge in [0.1, 0.15) is 0 Å². The van der Waals surface area contributed by atoms with Crippen molar-refractivity contribution in [2.75, 3.05) is 13.2 Å². The molecule has 2 N–H and O–H groups in total. The standard InChI is InChI=1S/C10H12NO/c11-7-10-9-4-2-1-3-8(9)5-6-12-10/h2-4,10H,5-7,11H2/t10-/m0/s1. The largest absolute Gasteiger partial charge is 0.372 e. The van der Waals surface area contributed by atoms with Gasteiger partial charge in [-0.1, -0.05) is 18.2 Å². The summed E-state index contributed by atoms with van der Waals surface area (Å²) in [6.07, 6.45) is 1.09. The second-order valence-corrected chi connectivity index (χ2v) is 2.97. The van der Waals surface area contributed by atoms with E-state index in [0.717, 1.165) is 13.0 Å². The van der Waals surface area contributed by atoms with Crippen LogP contribution in [0.5, 0.6) is 0 Å². The fraction of sp³-hybridized carbons (Fsp3) is 0.400. The van der Waals surface area contributed by atoms with E-state index >= 15 is 0 Å². The molecule has 1 aliphatic rings. The Kier molecular flexibility index (Phi) is 2.11. The number of ether oxygens (including phenoxy) is 1. The molecule has 1 aromatic carbocycles. The first kappa shape index (κ1) is 7.77. The van der Waals surface area contributed by atoms with Gasteiger partial charge in [0.15, 0.2) is 0 Å². The van der Waals surface area contributed by atoms with Crippen LogP contribution in [0.3, 0.4) is 0 Å². The van der Waals surface area contributed by atoms with E-state index in [-0.39, 0.29) is 6.10 Å². The van der Waals surface area contributed by atoms with Gasteiger partial charge in [0.2, 0.25) is 0 Å². The predicted molar refractivity (Wildman–Crippen MR) is 46.7 cm³/mol. The topological polar surface area (TPSA) is 35.2 Å². The Balaban J connectivity index is 2.37. The van der Waals surface area contributed by atoms with Crippen LogP contribution >= 0.6 is 0 Å². The molecule has 0 saturated heterocycles. The van der Waals surface area contributed by atoms with Crippen molar-refractivity contribution in [1.82, 2.24) is 0 Å². The molecule has 0 aromatic heterocycles. The Hall–Kier alpha value is -0.860. The molecule has 0 unspecified atom stereocenters. The first-order valence-corrected chi connectivity index (χ1v) is 4.22. The van der Waals surface area contributed by atoms with E-state index in [1.54, 1.807) is 0 Å². The smallest absolute Gasteiger partial charge is 0.0949 e. The van der Waals surface area contributed by atoms with Crippen LogP contribution in [0.2, 0.25) is 0 Å². The van der Waals surface area contributed by atoms with Crippen molar-refractivity contribution in [2.45, 2.75) is 12.5 Å². The van der Waals surface area contributed by atoms with E-state index in [1.165, 1.54) is 11.1 Å². The summed E-state index contributed by atoms with van der Waals surface area (Å²) in [5, 5.41) is 0. The second kappa shape index (κ2) is 3.25. The van der Waals surface area contributed by atoms with Crippen LogP contribution in [0.1, 0.15) is 17.2 Å². The van der Waals surface area contributed by atoms with Gasteiger partial charge in [-0.15, -0.1) is 0 Å². The first-order valence-electron chi connectivity index (χ1n) is 4.22. The molecule has 2 rings (SSSR count). The minimum absolute atomic E-state index is 0.100. The predicted octanol–water partition coefficient (Wildman–Crippen LogP) is 1.06. The van der Waals surface area contributed by atoms with Gasteiger partial charge in [0, 0.05) is 6.54 Å². The molecule has 0 spiro atoms. The van der Waals surface area contributed by atoms with Crippen LogP contribution in [-0.4, -0.2) is 13.2 Å². The van der Waals surface area contributed by atoms with E-state index in [1.807, 2.05) is 18.2 Å². The van der Waals surface area contributed by atoms with Gasteiger partial charge < -0.3 is 10.5 Å². The summed E-state index contributed by atoms with van der Waals surface area (Å²) in [4.78, 5) is 0. The van der Waals surface area contributed by atoms with Gasteiger partial charge in [-0.25, -0.2) is 0 Å². The lowest BCUT2D eigenvalue weighted by atomic mass is 9.98. The molecule has 1 aliphatic heterocycles. The molecule has 2 nitrogen and oxygen atoms in total. The zero-order valence-corrected chi connectivity index (χ0v) is 6.92. The summed E-state index contributed by atoms with van der Waals surface area (Å²) in [5.41, 5.74) is 8.15. The Morgan fingerprint density at radius 3 is 3.42 bits per heavy atom.